The van der Waals surface area contributed by atoms with Gasteiger partial charge in [0.2, 0.25) is 5.91 Å². The number of ether oxygens (including phenoxy) is 1. The van der Waals surface area contributed by atoms with Crippen LogP contribution in [-0.4, -0.2) is 76.1 Å². The summed E-state index contributed by atoms with van der Waals surface area (Å²) >= 11 is 0. The van der Waals surface area contributed by atoms with E-state index >= 15 is 0 Å². The Morgan fingerprint density at radius 3 is 2.50 bits per heavy atom. The van der Waals surface area contributed by atoms with Crippen LogP contribution in [0.2, 0.25) is 0 Å². The van der Waals surface area contributed by atoms with Gasteiger partial charge in [-0.1, -0.05) is 6.07 Å². The van der Waals surface area contributed by atoms with Crippen molar-refractivity contribution < 1.29 is 38.9 Å². The second kappa shape index (κ2) is 8.07. The Morgan fingerprint density at radius 2 is 1.82 bits per heavy atom. The van der Waals surface area contributed by atoms with Crippen LogP contribution >= 0.6 is 0 Å². The summed E-state index contributed by atoms with van der Waals surface area (Å²) in [5.74, 6) is -9.89. The first-order valence-corrected chi connectivity index (χ1v) is 11.5. The SMILES string of the molecule is NC(=O)C1C(=O)C[C@@H]2C[C@@H]3Cc4c(CN5CCOCC5)ccc(O)c4C(=O)C3C(=O)[C@]2(O)C1=O. The van der Waals surface area contributed by atoms with E-state index in [1.54, 1.807) is 6.07 Å². The molecule has 1 heterocycles. The van der Waals surface area contributed by atoms with Crippen LogP contribution in [0.3, 0.4) is 0 Å². The Labute approximate surface area is 195 Å². The Kier molecular flexibility index (Phi) is 5.42. The van der Waals surface area contributed by atoms with E-state index in [-0.39, 0.29) is 24.2 Å². The minimum atomic E-state index is -2.62. The average molecular weight is 470 g/mol. The molecular weight excluding hydrogens is 444 g/mol. The number of phenols is 1. The van der Waals surface area contributed by atoms with E-state index in [1.165, 1.54) is 6.07 Å². The molecule has 3 fully saturated rings. The molecule has 4 aliphatic rings. The van der Waals surface area contributed by atoms with Gasteiger partial charge in [0.25, 0.3) is 0 Å². The molecule has 1 amide bonds. The van der Waals surface area contributed by atoms with Crippen LogP contribution in [-0.2, 0) is 36.9 Å². The number of hydrogen-bond donors (Lipinski definition) is 3. The topological polar surface area (TPSA) is 164 Å². The number of Topliss-reactive ketones (excluding diaryl/α,β-unsaturated/α-hetero) is 4. The van der Waals surface area contributed by atoms with Crippen LogP contribution < -0.4 is 5.73 Å². The van der Waals surface area contributed by atoms with Crippen molar-refractivity contribution in [1.82, 2.24) is 4.90 Å². The third kappa shape index (κ3) is 3.24. The summed E-state index contributed by atoms with van der Waals surface area (Å²) in [6, 6.07) is 3.19. The molecule has 4 N–H and O–H groups in total. The number of ketones is 4. The molecule has 10 nitrogen and oxygen atoms in total. The summed E-state index contributed by atoms with van der Waals surface area (Å²) in [4.78, 5) is 66.3. The summed E-state index contributed by atoms with van der Waals surface area (Å²) in [5.41, 5.74) is 4.12. The van der Waals surface area contributed by atoms with Crippen LogP contribution in [0.15, 0.2) is 12.1 Å². The number of aliphatic hydroxyl groups is 1. The zero-order valence-corrected chi connectivity index (χ0v) is 18.5. The van der Waals surface area contributed by atoms with Crippen LogP contribution in [0.1, 0.15) is 34.3 Å². The van der Waals surface area contributed by atoms with Gasteiger partial charge in [-0.25, -0.2) is 0 Å². The number of morpholine rings is 1. The number of aromatic hydroxyl groups is 1. The molecular formula is C24H26N2O8. The van der Waals surface area contributed by atoms with Crippen LogP contribution in [0.25, 0.3) is 0 Å². The van der Waals surface area contributed by atoms with E-state index in [9.17, 15) is 34.2 Å². The largest absolute Gasteiger partial charge is 0.507 e. The standard InChI is InChI=1S/C24H26N2O8/c25-23(32)19-16(28)9-13-7-12-8-14-11(10-26-3-5-34-6-4-26)1-2-15(27)18(14)20(29)17(12)21(30)24(13,33)22(19)31/h1-2,12-13,17,19,27,33H,3-10H2,(H2,25,32)/t12-,13+,17?,19?,24+/m1/s1. The second-order valence-corrected chi connectivity index (χ2v) is 9.73. The average Bonchev–Trinajstić information content (AvgIpc) is 2.78. The molecule has 5 rings (SSSR count). The minimum Gasteiger partial charge on any atom is -0.507 e. The van der Waals surface area contributed by atoms with Gasteiger partial charge in [-0.3, -0.25) is 28.9 Å². The lowest BCUT2D eigenvalue weighted by Gasteiger charge is -2.48. The fourth-order valence-electron chi connectivity index (χ4n) is 6.18. The molecule has 0 bridgehead atoms. The van der Waals surface area contributed by atoms with E-state index in [2.05, 4.69) is 4.90 Å². The van der Waals surface area contributed by atoms with Crippen molar-refractivity contribution in [3.05, 3.63) is 28.8 Å². The molecule has 0 spiro atoms. The van der Waals surface area contributed by atoms with Crippen molar-refractivity contribution >= 4 is 29.0 Å². The van der Waals surface area contributed by atoms with Gasteiger partial charge in [-0.05, 0) is 36.0 Å². The van der Waals surface area contributed by atoms with Gasteiger partial charge in [-0.2, -0.15) is 0 Å². The highest BCUT2D eigenvalue weighted by atomic mass is 16.5. The molecule has 180 valence electrons. The highest BCUT2D eigenvalue weighted by molar-refractivity contribution is 6.31. The van der Waals surface area contributed by atoms with E-state index in [0.717, 1.165) is 18.7 Å². The maximum Gasteiger partial charge on any atom is 0.235 e. The minimum absolute atomic E-state index is 0.0354. The van der Waals surface area contributed by atoms with Gasteiger partial charge < -0.3 is 20.7 Å². The molecule has 3 aliphatic carbocycles. The zero-order valence-electron chi connectivity index (χ0n) is 18.5. The molecule has 5 atom stereocenters. The monoisotopic (exact) mass is 470 g/mol. The highest BCUT2D eigenvalue weighted by Crippen LogP contribution is 2.50. The molecule has 0 aromatic heterocycles. The first-order valence-electron chi connectivity index (χ1n) is 11.5. The van der Waals surface area contributed by atoms with E-state index in [1.807, 2.05) is 0 Å². The van der Waals surface area contributed by atoms with Crippen molar-refractivity contribution in [1.29, 1.82) is 0 Å². The fraction of sp³-hybridized carbons (Fsp3) is 0.542. The quantitative estimate of drug-likeness (QED) is 0.478. The molecule has 1 saturated heterocycles. The Hall–Kier alpha value is -2.95. The van der Waals surface area contributed by atoms with E-state index in [4.69, 9.17) is 10.5 Å². The predicted octanol–water partition coefficient (Wildman–Crippen LogP) is -0.841. The highest BCUT2D eigenvalue weighted by Gasteiger charge is 2.66. The summed E-state index contributed by atoms with van der Waals surface area (Å²) in [6.07, 6.45) is 0.0417. The number of rotatable bonds is 3. The maximum atomic E-state index is 13.5. The normalized spacial score (nSPS) is 33.8. The van der Waals surface area contributed by atoms with Gasteiger partial charge in [0.05, 0.1) is 24.7 Å². The Balaban J connectivity index is 1.52. The number of hydrogen-bond acceptors (Lipinski definition) is 9. The molecule has 10 heteroatoms. The number of benzene rings is 1. The Morgan fingerprint density at radius 1 is 1.12 bits per heavy atom. The van der Waals surface area contributed by atoms with Gasteiger partial charge in [-0.15, -0.1) is 0 Å². The van der Waals surface area contributed by atoms with E-state index in [0.29, 0.717) is 31.7 Å². The number of phenolic OH excluding ortho intramolecular Hbond substituents is 1. The van der Waals surface area contributed by atoms with Crippen LogP contribution in [0.5, 0.6) is 5.75 Å². The number of primary amides is 1. The smallest absolute Gasteiger partial charge is 0.235 e. The number of nitrogens with two attached hydrogens (primary N) is 1. The third-order valence-electron chi connectivity index (χ3n) is 7.88. The van der Waals surface area contributed by atoms with Crippen molar-refractivity contribution in [3.63, 3.8) is 0 Å². The lowest BCUT2D eigenvalue weighted by Crippen LogP contribution is -2.68. The summed E-state index contributed by atoms with van der Waals surface area (Å²) in [5, 5.41) is 21.7. The zero-order chi connectivity index (χ0) is 24.4. The maximum absolute atomic E-state index is 13.5. The molecule has 1 aliphatic heterocycles. The van der Waals surface area contributed by atoms with Gasteiger partial charge in [0, 0.05) is 32.0 Å². The predicted molar refractivity (Wildman–Crippen MR) is 115 cm³/mol. The van der Waals surface area contributed by atoms with Gasteiger partial charge in [0.15, 0.2) is 34.7 Å². The number of fused-ring (bicyclic) bond motifs is 3. The number of carbonyl (C=O) groups excluding carboxylic acids is 5. The van der Waals surface area contributed by atoms with Crippen LogP contribution in [0, 0.1) is 23.7 Å². The Bertz CT molecular complexity index is 1120. The number of nitrogens with zero attached hydrogens (tertiary/aromatic N) is 1. The van der Waals surface area contributed by atoms with Crippen molar-refractivity contribution in [2.45, 2.75) is 31.4 Å². The second-order valence-electron chi connectivity index (χ2n) is 9.73. The summed E-state index contributed by atoms with van der Waals surface area (Å²) < 4.78 is 5.39. The molecule has 1 aromatic carbocycles. The number of amides is 1. The molecule has 34 heavy (non-hydrogen) atoms. The third-order valence-corrected chi connectivity index (χ3v) is 7.88. The lowest BCUT2D eigenvalue weighted by atomic mass is 9.53. The van der Waals surface area contributed by atoms with Gasteiger partial charge in [0.1, 0.15) is 5.75 Å². The molecule has 0 radical (unpaired) electrons. The first kappa shape index (κ1) is 22.8. The van der Waals surface area contributed by atoms with E-state index < -0.39 is 58.3 Å². The van der Waals surface area contributed by atoms with Gasteiger partial charge >= 0.3 is 0 Å². The first-order chi connectivity index (χ1) is 16.1. The van der Waals surface area contributed by atoms with Crippen molar-refractivity contribution in [2.24, 2.45) is 29.4 Å². The summed E-state index contributed by atoms with van der Waals surface area (Å²) in [6.45, 7) is 3.22. The molecule has 2 saturated carbocycles. The molecule has 2 unspecified atom stereocenters. The van der Waals surface area contributed by atoms with Crippen LogP contribution in [0.4, 0.5) is 0 Å². The van der Waals surface area contributed by atoms with Crippen molar-refractivity contribution in [3.8, 4) is 5.75 Å². The van der Waals surface area contributed by atoms with Crippen molar-refractivity contribution in [2.75, 3.05) is 26.3 Å². The fourth-order valence-corrected chi connectivity index (χ4v) is 6.18. The summed E-state index contributed by atoms with van der Waals surface area (Å²) in [7, 11) is 0. The number of carbonyl (C=O) groups is 5. The molecule has 1 aromatic rings. The lowest BCUT2D eigenvalue weighted by molar-refractivity contribution is -0.175.